The summed E-state index contributed by atoms with van der Waals surface area (Å²) in [6, 6.07) is 6.70. The number of aryl methyl sites for hydroxylation is 1. The first-order chi connectivity index (χ1) is 9.88. The highest BCUT2D eigenvalue weighted by Crippen LogP contribution is 2.33. The molecular formula is C14H9Br2ClFN3. The Balaban J connectivity index is 2.37. The average molecular weight is 434 g/mol. The summed E-state index contributed by atoms with van der Waals surface area (Å²) in [5.41, 5.74) is 8.87. The third-order valence-electron chi connectivity index (χ3n) is 3.19. The molecule has 3 nitrogen and oxygen atoms in total. The van der Waals surface area contributed by atoms with Crippen molar-refractivity contribution in [1.29, 1.82) is 0 Å². The molecule has 0 saturated carbocycles. The number of nitrogens with zero attached hydrogens (tertiary/aromatic N) is 2. The van der Waals surface area contributed by atoms with Gasteiger partial charge in [0.05, 0.1) is 21.2 Å². The second-order valence-electron chi connectivity index (χ2n) is 4.61. The fraction of sp³-hybridized carbons (Fsp3) is 0.0714. The number of hydrogen-bond donors (Lipinski definition) is 1. The maximum absolute atomic E-state index is 13.6. The van der Waals surface area contributed by atoms with Gasteiger partial charge in [-0.25, -0.2) is 9.37 Å². The Morgan fingerprint density at radius 3 is 2.62 bits per heavy atom. The van der Waals surface area contributed by atoms with Gasteiger partial charge in [-0.05, 0) is 62.5 Å². The van der Waals surface area contributed by atoms with E-state index in [4.69, 9.17) is 17.3 Å². The molecule has 0 atom stereocenters. The van der Waals surface area contributed by atoms with Crippen LogP contribution < -0.4 is 5.73 Å². The number of imidazole rings is 1. The number of aromatic nitrogens is 2. The van der Waals surface area contributed by atoms with E-state index >= 15 is 0 Å². The second kappa shape index (κ2) is 5.26. The first-order valence-corrected chi connectivity index (χ1v) is 7.94. The maximum atomic E-state index is 13.6. The zero-order chi connectivity index (χ0) is 15.3. The van der Waals surface area contributed by atoms with E-state index in [0.29, 0.717) is 20.5 Å². The van der Waals surface area contributed by atoms with Crippen molar-refractivity contribution in [3.63, 3.8) is 0 Å². The molecule has 3 rings (SSSR count). The van der Waals surface area contributed by atoms with Crippen LogP contribution in [0.5, 0.6) is 0 Å². The van der Waals surface area contributed by atoms with Gasteiger partial charge in [0.1, 0.15) is 5.82 Å². The molecule has 0 unspecified atom stereocenters. The summed E-state index contributed by atoms with van der Waals surface area (Å²) in [6.45, 7) is 1.91. The van der Waals surface area contributed by atoms with Crippen LogP contribution in [0.3, 0.4) is 0 Å². The molecule has 7 heteroatoms. The van der Waals surface area contributed by atoms with Gasteiger partial charge in [-0.1, -0.05) is 11.6 Å². The molecule has 1 aromatic heterocycles. The highest BCUT2D eigenvalue weighted by atomic mass is 79.9. The van der Waals surface area contributed by atoms with Crippen LogP contribution in [-0.2, 0) is 0 Å². The van der Waals surface area contributed by atoms with Gasteiger partial charge in [0.2, 0.25) is 5.95 Å². The van der Waals surface area contributed by atoms with Crippen molar-refractivity contribution in [2.24, 2.45) is 0 Å². The van der Waals surface area contributed by atoms with E-state index in [1.54, 1.807) is 16.7 Å². The zero-order valence-electron chi connectivity index (χ0n) is 10.8. The molecule has 0 saturated heterocycles. The minimum atomic E-state index is -0.381. The number of rotatable bonds is 1. The molecule has 21 heavy (non-hydrogen) atoms. The summed E-state index contributed by atoms with van der Waals surface area (Å²) in [4.78, 5) is 4.20. The van der Waals surface area contributed by atoms with Crippen molar-refractivity contribution in [3.8, 4) is 5.69 Å². The Labute approximate surface area is 142 Å². The largest absolute Gasteiger partial charge is 0.369 e. The van der Waals surface area contributed by atoms with Crippen LogP contribution >= 0.6 is 43.5 Å². The number of nitrogen functional groups attached to an aromatic ring is 1. The molecule has 0 amide bonds. The normalized spacial score (nSPS) is 11.3. The molecule has 0 spiro atoms. The van der Waals surface area contributed by atoms with Crippen molar-refractivity contribution in [2.75, 3.05) is 5.73 Å². The molecule has 0 aliphatic carbocycles. The summed E-state index contributed by atoms with van der Waals surface area (Å²) >= 11 is 12.9. The third-order valence-corrected chi connectivity index (χ3v) is 4.84. The quantitative estimate of drug-likeness (QED) is 0.571. The van der Waals surface area contributed by atoms with E-state index in [0.717, 1.165) is 15.7 Å². The van der Waals surface area contributed by atoms with Gasteiger partial charge >= 0.3 is 0 Å². The average Bonchev–Trinajstić information content (AvgIpc) is 2.70. The minimum Gasteiger partial charge on any atom is -0.369 e. The van der Waals surface area contributed by atoms with Gasteiger partial charge in [0, 0.05) is 15.6 Å². The van der Waals surface area contributed by atoms with Gasteiger partial charge in [0.25, 0.3) is 0 Å². The number of nitrogens with two attached hydrogens (primary N) is 1. The summed E-state index contributed by atoms with van der Waals surface area (Å²) in [7, 11) is 0. The van der Waals surface area contributed by atoms with E-state index in [1.165, 1.54) is 6.07 Å². The first-order valence-electron chi connectivity index (χ1n) is 5.97. The van der Waals surface area contributed by atoms with Crippen LogP contribution in [0.2, 0.25) is 5.02 Å². The van der Waals surface area contributed by atoms with Crippen LogP contribution in [0.15, 0.2) is 33.2 Å². The first kappa shape index (κ1) is 14.8. The number of fused-ring (bicyclic) bond motifs is 1. The van der Waals surface area contributed by atoms with E-state index < -0.39 is 0 Å². The number of anilines is 1. The molecule has 0 aliphatic rings. The Morgan fingerprint density at radius 2 is 1.90 bits per heavy atom. The highest BCUT2D eigenvalue weighted by molar-refractivity contribution is 9.10. The molecule has 108 valence electrons. The Morgan fingerprint density at radius 1 is 1.19 bits per heavy atom. The van der Waals surface area contributed by atoms with E-state index in [-0.39, 0.29) is 11.8 Å². The van der Waals surface area contributed by atoms with E-state index in [2.05, 4.69) is 36.8 Å². The van der Waals surface area contributed by atoms with E-state index in [1.807, 2.05) is 13.0 Å². The van der Waals surface area contributed by atoms with Crippen LogP contribution in [0.25, 0.3) is 16.7 Å². The van der Waals surface area contributed by atoms with Crippen molar-refractivity contribution >= 4 is 60.4 Å². The van der Waals surface area contributed by atoms with Crippen molar-refractivity contribution < 1.29 is 4.39 Å². The lowest BCUT2D eigenvalue weighted by molar-refractivity contribution is 0.623. The summed E-state index contributed by atoms with van der Waals surface area (Å²) in [5.74, 6) is -0.115. The summed E-state index contributed by atoms with van der Waals surface area (Å²) < 4.78 is 16.5. The summed E-state index contributed by atoms with van der Waals surface area (Å²) in [5, 5.41) is 0.621. The molecule has 3 aromatic rings. The number of benzene rings is 2. The molecular weight excluding hydrogens is 424 g/mol. The smallest absolute Gasteiger partial charge is 0.205 e. The molecule has 0 bridgehead atoms. The van der Waals surface area contributed by atoms with Crippen molar-refractivity contribution in [3.05, 3.63) is 49.6 Å². The molecule has 0 fully saturated rings. The second-order valence-corrected chi connectivity index (χ2v) is 6.73. The molecule has 0 radical (unpaired) electrons. The topological polar surface area (TPSA) is 43.8 Å². The lowest BCUT2D eigenvalue weighted by Gasteiger charge is -2.11. The molecule has 2 N–H and O–H groups in total. The van der Waals surface area contributed by atoms with Gasteiger partial charge in [-0.2, -0.15) is 0 Å². The van der Waals surface area contributed by atoms with Gasteiger partial charge in [-0.15, -0.1) is 0 Å². The molecule has 2 aromatic carbocycles. The fourth-order valence-corrected chi connectivity index (χ4v) is 3.28. The fourth-order valence-electron chi connectivity index (χ4n) is 2.15. The van der Waals surface area contributed by atoms with Crippen LogP contribution in [0.4, 0.5) is 10.3 Å². The lowest BCUT2D eigenvalue weighted by Crippen LogP contribution is -2.02. The van der Waals surface area contributed by atoms with Crippen LogP contribution in [0.1, 0.15) is 5.56 Å². The maximum Gasteiger partial charge on any atom is 0.205 e. The predicted molar refractivity (Wildman–Crippen MR) is 90.6 cm³/mol. The highest BCUT2D eigenvalue weighted by Gasteiger charge is 2.16. The zero-order valence-corrected chi connectivity index (χ0v) is 14.7. The Hall–Kier alpha value is -1.11. The lowest BCUT2D eigenvalue weighted by atomic mass is 10.2. The van der Waals surface area contributed by atoms with Gasteiger partial charge in [-0.3, -0.25) is 4.57 Å². The number of halogens is 4. The Bertz CT molecular complexity index is 877. The molecule has 1 heterocycles. The van der Waals surface area contributed by atoms with Crippen LogP contribution in [-0.4, -0.2) is 9.55 Å². The monoisotopic (exact) mass is 431 g/mol. The van der Waals surface area contributed by atoms with Crippen molar-refractivity contribution in [1.82, 2.24) is 9.55 Å². The van der Waals surface area contributed by atoms with Gasteiger partial charge < -0.3 is 5.73 Å². The summed E-state index contributed by atoms with van der Waals surface area (Å²) in [6.07, 6.45) is 0. The molecule has 0 aliphatic heterocycles. The Kier molecular flexibility index (Phi) is 3.71. The standard InChI is InChI=1S/C14H9Br2ClFN3/c1-6-2-8(16)12(4-9(6)17)21-13-3-7(15)10(18)5-11(13)20-14(21)19/h2-5H,1H3,(H2,19,20). The van der Waals surface area contributed by atoms with Gasteiger partial charge in [0.15, 0.2) is 0 Å². The predicted octanol–water partition coefficient (Wildman–Crippen LogP) is 5.23. The number of hydrogen-bond acceptors (Lipinski definition) is 2. The third kappa shape index (κ3) is 2.45. The van der Waals surface area contributed by atoms with E-state index in [9.17, 15) is 4.39 Å². The van der Waals surface area contributed by atoms with Crippen LogP contribution in [0, 0.1) is 12.7 Å². The SMILES string of the molecule is Cc1cc(Br)c(-n2c(N)nc3cc(F)c(Br)cc32)cc1Cl. The van der Waals surface area contributed by atoms with Crippen molar-refractivity contribution in [2.45, 2.75) is 6.92 Å². The minimum absolute atomic E-state index is 0.267.